The number of rotatable bonds is 8. The number of hydrogen-bond acceptors (Lipinski definition) is 4. The molecule has 0 saturated heterocycles. The molecule has 0 aromatic heterocycles. The van der Waals surface area contributed by atoms with Crippen LogP contribution in [0.25, 0.3) is 0 Å². The van der Waals surface area contributed by atoms with E-state index in [0.29, 0.717) is 6.61 Å². The third kappa shape index (κ3) is 5.06. The van der Waals surface area contributed by atoms with Gasteiger partial charge >= 0.3 is 0 Å². The smallest absolute Gasteiger partial charge is 0.182 e. The minimum atomic E-state index is -0.833. The number of ether oxygens (including phenoxy) is 3. The lowest BCUT2D eigenvalue weighted by Gasteiger charge is -2.29. The first-order valence-corrected chi connectivity index (χ1v) is 5.68. The quantitative estimate of drug-likeness (QED) is 0.505. The summed E-state index contributed by atoms with van der Waals surface area (Å²) in [6, 6.07) is 0. The van der Waals surface area contributed by atoms with Gasteiger partial charge in [-0.05, 0) is 20.3 Å². The van der Waals surface area contributed by atoms with Crippen molar-refractivity contribution in [3.05, 3.63) is 0 Å². The summed E-state index contributed by atoms with van der Waals surface area (Å²) in [4.78, 5) is 11.4. The highest BCUT2D eigenvalue weighted by molar-refractivity contribution is 9.10. The minimum Gasteiger partial charge on any atom is -0.359 e. The van der Waals surface area contributed by atoms with Crippen molar-refractivity contribution >= 4 is 21.7 Å². The van der Waals surface area contributed by atoms with Gasteiger partial charge in [0.25, 0.3) is 0 Å². The fraction of sp³-hybridized carbons (Fsp3) is 0.900. The van der Waals surface area contributed by atoms with Gasteiger partial charge in [-0.3, -0.25) is 4.79 Å². The Morgan fingerprint density at radius 2 is 2.07 bits per heavy atom. The van der Waals surface area contributed by atoms with Gasteiger partial charge in [0.05, 0.1) is 0 Å². The van der Waals surface area contributed by atoms with Crippen molar-refractivity contribution in [1.82, 2.24) is 0 Å². The molecule has 0 amide bonds. The van der Waals surface area contributed by atoms with Crippen molar-refractivity contribution in [1.29, 1.82) is 0 Å². The number of Topliss-reactive ketones (excluding diaryl/α,β-unsaturated/α-hetero) is 1. The van der Waals surface area contributed by atoms with E-state index >= 15 is 0 Å². The summed E-state index contributed by atoms with van der Waals surface area (Å²) < 4.78 is 14.7. The lowest BCUT2D eigenvalue weighted by molar-refractivity contribution is -0.200. The van der Waals surface area contributed by atoms with Gasteiger partial charge in [0, 0.05) is 13.7 Å². The van der Waals surface area contributed by atoms with Gasteiger partial charge in [0.2, 0.25) is 0 Å². The van der Waals surface area contributed by atoms with Crippen LogP contribution in [-0.2, 0) is 19.0 Å². The van der Waals surface area contributed by atoms with Gasteiger partial charge in [0.15, 0.2) is 12.1 Å². The first kappa shape index (κ1) is 15.0. The Hall–Kier alpha value is 0.0300. The number of carbonyl (C=O) groups is 1. The summed E-state index contributed by atoms with van der Waals surface area (Å²) in [5, 5.41) is 0. The second kappa shape index (κ2) is 7.33. The highest BCUT2D eigenvalue weighted by Crippen LogP contribution is 2.26. The third-order valence-electron chi connectivity index (χ3n) is 1.94. The standard InChI is InChI=1S/C10H19BrO4/c1-5-6-14-9(15-7-13-4)10(3,11)8(2)12/h9H,5-7H2,1-4H3/t9-,10+/m1/s1. The second-order valence-electron chi connectivity index (χ2n) is 3.41. The Morgan fingerprint density at radius 1 is 1.47 bits per heavy atom. The topological polar surface area (TPSA) is 44.8 Å². The van der Waals surface area contributed by atoms with E-state index in [9.17, 15) is 4.79 Å². The molecule has 0 bridgehead atoms. The van der Waals surface area contributed by atoms with Crippen molar-refractivity contribution < 1.29 is 19.0 Å². The number of alkyl halides is 1. The monoisotopic (exact) mass is 282 g/mol. The van der Waals surface area contributed by atoms with Gasteiger partial charge in [-0.15, -0.1) is 0 Å². The van der Waals surface area contributed by atoms with Crippen LogP contribution in [0.4, 0.5) is 0 Å². The van der Waals surface area contributed by atoms with Crippen molar-refractivity contribution in [2.45, 2.75) is 37.8 Å². The second-order valence-corrected chi connectivity index (χ2v) is 5.06. The predicted octanol–water partition coefficient (Wildman–Crippen LogP) is 2.10. The fourth-order valence-electron chi connectivity index (χ4n) is 0.882. The number of carbonyl (C=O) groups excluding carboxylic acids is 1. The molecular weight excluding hydrogens is 264 g/mol. The molecule has 90 valence electrons. The number of methoxy groups -OCH3 is 1. The van der Waals surface area contributed by atoms with Gasteiger partial charge < -0.3 is 14.2 Å². The van der Waals surface area contributed by atoms with E-state index in [1.165, 1.54) is 14.0 Å². The molecule has 2 atom stereocenters. The largest absolute Gasteiger partial charge is 0.359 e. The van der Waals surface area contributed by atoms with E-state index in [1.54, 1.807) is 6.92 Å². The SMILES string of the molecule is CCCO[C@H](OCOC)[C@@](C)(Br)C(C)=O. The first-order chi connectivity index (χ1) is 6.96. The molecule has 0 aliphatic rings. The third-order valence-corrected chi connectivity index (χ3v) is 2.87. The van der Waals surface area contributed by atoms with Crippen LogP contribution in [-0.4, -0.2) is 36.9 Å². The Bertz CT molecular complexity index is 186. The Morgan fingerprint density at radius 3 is 2.47 bits per heavy atom. The molecule has 0 unspecified atom stereocenters. The van der Waals surface area contributed by atoms with Crippen LogP contribution < -0.4 is 0 Å². The van der Waals surface area contributed by atoms with Crippen LogP contribution in [0.3, 0.4) is 0 Å². The maximum atomic E-state index is 11.4. The van der Waals surface area contributed by atoms with Gasteiger partial charge in [-0.25, -0.2) is 0 Å². The zero-order valence-corrected chi connectivity index (χ0v) is 11.3. The number of ketones is 1. The molecule has 0 aliphatic carbocycles. The van der Waals surface area contributed by atoms with Gasteiger partial charge in [-0.2, -0.15) is 0 Å². The molecule has 0 aliphatic heterocycles. The van der Waals surface area contributed by atoms with Crippen LogP contribution in [0, 0.1) is 0 Å². The average molecular weight is 283 g/mol. The summed E-state index contributed by atoms with van der Waals surface area (Å²) in [5.74, 6) is -0.0419. The molecular formula is C10H19BrO4. The van der Waals surface area contributed by atoms with Crippen molar-refractivity contribution in [2.24, 2.45) is 0 Å². The lowest BCUT2D eigenvalue weighted by Crippen LogP contribution is -2.44. The fourth-order valence-corrected chi connectivity index (χ4v) is 1.15. The van der Waals surface area contributed by atoms with Crippen LogP contribution in [0.1, 0.15) is 27.2 Å². The molecule has 0 aromatic rings. The predicted molar refractivity (Wildman–Crippen MR) is 61.0 cm³/mol. The van der Waals surface area contributed by atoms with Crippen LogP contribution in [0.5, 0.6) is 0 Å². The van der Waals surface area contributed by atoms with Crippen molar-refractivity contribution in [3.8, 4) is 0 Å². The Balaban J connectivity index is 4.38. The van der Waals surface area contributed by atoms with E-state index in [1.807, 2.05) is 6.92 Å². The van der Waals surface area contributed by atoms with Gasteiger partial charge in [-0.1, -0.05) is 22.9 Å². The zero-order valence-electron chi connectivity index (χ0n) is 9.71. The van der Waals surface area contributed by atoms with Crippen molar-refractivity contribution in [3.63, 3.8) is 0 Å². The molecule has 0 fully saturated rings. The van der Waals surface area contributed by atoms with Crippen molar-refractivity contribution in [2.75, 3.05) is 20.5 Å². The molecule has 0 rings (SSSR count). The van der Waals surface area contributed by atoms with Crippen LogP contribution >= 0.6 is 15.9 Å². The molecule has 0 aromatic carbocycles. The molecule has 0 saturated carbocycles. The maximum absolute atomic E-state index is 11.4. The van der Waals surface area contributed by atoms with E-state index in [0.717, 1.165) is 6.42 Å². The Labute approximate surface area is 99.4 Å². The molecule has 0 radical (unpaired) electrons. The molecule has 5 heteroatoms. The molecule has 4 nitrogen and oxygen atoms in total. The summed E-state index contributed by atoms with van der Waals surface area (Å²) in [6.45, 7) is 5.86. The van der Waals surface area contributed by atoms with E-state index < -0.39 is 10.6 Å². The van der Waals surface area contributed by atoms with Crippen LogP contribution in [0.2, 0.25) is 0 Å². The summed E-state index contributed by atoms with van der Waals surface area (Å²) in [5.41, 5.74) is 0. The summed E-state index contributed by atoms with van der Waals surface area (Å²) >= 11 is 3.32. The lowest BCUT2D eigenvalue weighted by atomic mass is 10.1. The summed E-state index contributed by atoms with van der Waals surface area (Å²) in [6.07, 6.45) is 0.239. The molecule has 15 heavy (non-hydrogen) atoms. The zero-order chi connectivity index (χ0) is 11.9. The maximum Gasteiger partial charge on any atom is 0.182 e. The van der Waals surface area contributed by atoms with E-state index in [2.05, 4.69) is 15.9 Å². The van der Waals surface area contributed by atoms with E-state index in [-0.39, 0.29) is 12.6 Å². The number of halogens is 1. The number of hydrogen-bond donors (Lipinski definition) is 0. The normalized spacial score (nSPS) is 17.1. The Kier molecular flexibility index (Phi) is 7.34. The highest BCUT2D eigenvalue weighted by Gasteiger charge is 2.38. The van der Waals surface area contributed by atoms with Gasteiger partial charge in [0.1, 0.15) is 11.1 Å². The molecule has 0 N–H and O–H groups in total. The minimum absolute atomic E-state index is 0.0419. The molecule has 0 spiro atoms. The average Bonchev–Trinajstić information content (AvgIpc) is 2.17. The molecule has 0 heterocycles. The highest BCUT2D eigenvalue weighted by atomic mass is 79.9. The van der Waals surface area contributed by atoms with Crippen LogP contribution in [0.15, 0.2) is 0 Å². The first-order valence-electron chi connectivity index (χ1n) is 4.88. The summed E-state index contributed by atoms with van der Waals surface area (Å²) in [7, 11) is 1.52. The van der Waals surface area contributed by atoms with E-state index in [4.69, 9.17) is 14.2 Å².